The SMILES string of the molecule is CCCC(CCC(C)CC(C)CC)C(C)CC. The van der Waals surface area contributed by atoms with E-state index in [-0.39, 0.29) is 0 Å². The van der Waals surface area contributed by atoms with Gasteiger partial charge in [-0.15, -0.1) is 0 Å². The van der Waals surface area contributed by atoms with Gasteiger partial charge < -0.3 is 0 Å². The lowest BCUT2D eigenvalue weighted by Crippen LogP contribution is -2.13. The van der Waals surface area contributed by atoms with E-state index in [1.165, 1.54) is 44.9 Å². The number of hydrogen-bond acceptors (Lipinski definition) is 0. The highest BCUT2D eigenvalue weighted by Gasteiger charge is 2.16. The molecule has 4 unspecified atom stereocenters. The highest BCUT2D eigenvalue weighted by Crippen LogP contribution is 2.28. The summed E-state index contributed by atoms with van der Waals surface area (Å²) in [5.74, 6) is 3.74. The van der Waals surface area contributed by atoms with Gasteiger partial charge in [0.15, 0.2) is 0 Å². The minimum Gasteiger partial charge on any atom is -0.0654 e. The Bertz CT molecular complexity index is 161. The molecule has 0 aromatic carbocycles. The van der Waals surface area contributed by atoms with Crippen molar-refractivity contribution in [1.82, 2.24) is 0 Å². The van der Waals surface area contributed by atoms with Crippen LogP contribution >= 0.6 is 0 Å². The first-order valence-corrected chi connectivity index (χ1v) is 8.04. The molecule has 0 amide bonds. The van der Waals surface area contributed by atoms with Crippen LogP contribution in [0.1, 0.15) is 86.5 Å². The molecule has 0 nitrogen and oxygen atoms in total. The average Bonchev–Trinajstić information content (AvgIpc) is 2.33. The zero-order valence-corrected chi connectivity index (χ0v) is 13.3. The topological polar surface area (TPSA) is 0 Å². The van der Waals surface area contributed by atoms with E-state index in [1.54, 1.807) is 0 Å². The van der Waals surface area contributed by atoms with Crippen LogP contribution in [0.4, 0.5) is 0 Å². The van der Waals surface area contributed by atoms with Crippen LogP contribution in [0.25, 0.3) is 0 Å². The molecule has 0 radical (unpaired) electrons. The maximum atomic E-state index is 2.45. The van der Waals surface area contributed by atoms with E-state index in [2.05, 4.69) is 41.5 Å². The predicted molar refractivity (Wildman–Crippen MR) is 80.3 cm³/mol. The van der Waals surface area contributed by atoms with Crippen molar-refractivity contribution >= 4 is 0 Å². The molecule has 0 bridgehead atoms. The molecule has 0 heterocycles. The molecule has 4 atom stereocenters. The summed E-state index contributed by atoms with van der Waals surface area (Å²) in [6.45, 7) is 14.3. The predicted octanol–water partition coefficient (Wildman–Crippen LogP) is 6.30. The van der Waals surface area contributed by atoms with Gasteiger partial charge in [0.1, 0.15) is 0 Å². The first kappa shape index (κ1) is 17.0. The first-order valence-electron chi connectivity index (χ1n) is 8.04. The number of rotatable bonds is 10. The van der Waals surface area contributed by atoms with Crippen LogP contribution < -0.4 is 0 Å². The lowest BCUT2D eigenvalue weighted by atomic mass is 9.81. The van der Waals surface area contributed by atoms with Gasteiger partial charge in [-0.1, -0.05) is 73.6 Å². The van der Waals surface area contributed by atoms with Crippen molar-refractivity contribution in [3.05, 3.63) is 0 Å². The molecule has 17 heavy (non-hydrogen) atoms. The second-order valence-corrected chi connectivity index (χ2v) is 6.37. The molecule has 0 fully saturated rings. The lowest BCUT2D eigenvalue weighted by Gasteiger charge is -2.25. The third-order valence-corrected chi connectivity index (χ3v) is 4.64. The van der Waals surface area contributed by atoms with Crippen molar-refractivity contribution in [3.63, 3.8) is 0 Å². The molecule has 104 valence electrons. The van der Waals surface area contributed by atoms with Crippen LogP contribution in [0, 0.1) is 23.7 Å². The van der Waals surface area contributed by atoms with Crippen molar-refractivity contribution in [1.29, 1.82) is 0 Å². The van der Waals surface area contributed by atoms with Crippen molar-refractivity contribution in [2.45, 2.75) is 86.5 Å². The van der Waals surface area contributed by atoms with E-state index in [9.17, 15) is 0 Å². The van der Waals surface area contributed by atoms with Gasteiger partial charge in [-0.25, -0.2) is 0 Å². The molecule has 0 heteroatoms. The first-order chi connectivity index (χ1) is 8.04. The van der Waals surface area contributed by atoms with E-state index < -0.39 is 0 Å². The van der Waals surface area contributed by atoms with Gasteiger partial charge in [-0.2, -0.15) is 0 Å². The minimum atomic E-state index is 0.915. The molecule has 0 rings (SSSR count). The van der Waals surface area contributed by atoms with E-state index in [4.69, 9.17) is 0 Å². The Balaban J connectivity index is 3.94. The smallest absolute Gasteiger partial charge is 0.0389 e. The largest absolute Gasteiger partial charge is 0.0654 e. The lowest BCUT2D eigenvalue weighted by molar-refractivity contribution is 0.269. The maximum absolute atomic E-state index is 2.45. The van der Waals surface area contributed by atoms with Crippen molar-refractivity contribution in [2.24, 2.45) is 23.7 Å². The summed E-state index contributed by atoms with van der Waals surface area (Å²) < 4.78 is 0. The zero-order chi connectivity index (χ0) is 13.3. The maximum Gasteiger partial charge on any atom is -0.0389 e. The fraction of sp³-hybridized carbons (Fsp3) is 1.00. The van der Waals surface area contributed by atoms with Crippen molar-refractivity contribution in [2.75, 3.05) is 0 Å². The Kier molecular flexibility index (Phi) is 9.97. The molecular formula is C17H36. The van der Waals surface area contributed by atoms with E-state index >= 15 is 0 Å². The average molecular weight is 240 g/mol. The summed E-state index contributed by atoms with van der Waals surface area (Å²) >= 11 is 0. The van der Waals surface area contributed by atoms with Gasteiger partial charge in [0.05, 0.1) is 0 Å². The summed E-state index contributed by atoms with van der Waals surface area (Å²) in [6.07, 6.45) is 9.81. The van der Waals surface area contributed by atoms with E-state index in [0.717, 1.165) is 23.7 Å². The normalized spacial score (nSPS) is 18.7. The summed E-state index contributed by atoms with van der Waals surface area (Å²) in [5.41, 5.74) is 0. The van der Waals surface area contributed by atoms with Crippen LogP contribution in [0.3, 0.4) is 0 Å². The van der Waals surface area contributed by atoms with Crippen LogP contribution in [-0.4, -0.2) is 0 Å². The fourth-order valence-electron chi connectivity index (χ4n) is 2.89. The van der Waals surface area contributed by atoms with Crippen LogP contribution in [0.15, 0.2) is 0 Å². The van der Waals surface area contributed by atoms with Crippen LogP contribution in [0.5, 0.6) is 0 Å². The monoisotopic (exact) mass is 240 g/mol. The fourth-order valence-corrected chi connectivity index (χ4v) is 2.89. The molecule has 0 aromatic heterocycles. The van der Waals surface area contributed by atoms with Gasteiger partial charge in [-0.3, -0.25) is 0 Å². The second kappa shape index (κ2) is 9.97. The van der Waals surface area contributed by atoms with Crippen molar-refractivity contribution in [3.8, 4) is 0 Å². The third-order valence-electron chi connectivity index (χ3n) is 4.64. The second-order valence-electron chi connectivity index (χ2n) is 6.37. The molecule has 0 aliphatic carbocycles. The molecule has 0 aliphatic rings. The quantitative estimate of drug-likeness (QED) is 0.420. The van der Waals surface area contributed by atoms with Crippen LogP contribution in [0.2, 0.25) is 0 Å². The Hall–Kier alpha value is 0. The van der Waals surface area contributed by atoms with E-state index in [0.29, 0.717) is 0 Å². The Morgan fingerprint density at radius 3 is 1.82 bits per heavy atom. The summed E-state index contributed by atoms with van der Waals surface area (Å²) in [6, 6.07) is 0. The van der Waals surface area contributed by atoms with Gasteiger partial charge >= 0.3 is 0 Å². The summed E-state index contributed by atoms with van der Waals surface area (Å²) in [5, 5.41) is 0. The van der Waals surface area contributed by atoms with Crippen molar-refractivity contribution < 1.29 is 0 Å². The van der Waals surface area contributed by atoms with Gasteiger partial charge in [0.25, 0.3) is 0 Å². The minimum absolute atomic E-state index is 0.915. The molecule has 0 saturated carbocycles. The molecule has 0 N–H and O–H groups in total. The summed E-state index contributed by atoms with van der Waals surface area (Å²) in [4.78, 5) is 0. The van der Waals surface area contributed by atoms with Gasteiger partial charge in [0, 0.05) is 0 Å². The molecule has 0 spiro atoms. The summed E-state index contributed by atoms with van der Waals surface area (Å²) in [7, 11) is 0. The highest BCUT2D eigenvalue weighted by molar-refractivity contribution is 4.68. The van der Waals surface area contributed by atoms with E-state index in [1.807, 2.05) is 0 Å². The number of hydrogen-bond donors (Lipinski definition) is 0. The Morgan fingerprint density at radius 1 is 0.706 bits per heavy atom. The molecule has 0 aromatic rings. The van der Waals surface area contributed by atoms with Gasteiger partial charge in [0.2, 0.25) is 0 Å². The Labute approximate surface area is 111 Å². The molecule has 0 saturated heterocycles. The molecular weight excluding hydrogens is 204 g/mol. The van der Waals surface area contributed by atoms with Gasteiger partial charge in [-0.05, 0) is 36.5 Å². The Morgan fingerprint density at radius 2 is 1.35 bits per heavy atom. The van der Waals surface area contributed by atoms with Crippen LogP contribution in [-0.2, 0) is 0 Å². The molecule has 0 aliphatic heterocycles. The zero-order valence-electron chi connectivity index (χ0n) is 13.3. The standard InChI is InChI=1S/C17H36/c1-7-10-17(16(6)9-3)12-11-15(5)13-14(4)8-2/h14-17H,7-13H2,1-6H3. The third kappa shape index (κ3) is 7.84. The highest BCUT2D eigenvalue weighted by atomic mass is 14.2.